The lowest BCUT2D eigenvalue weighted by molar-refractivity contribution is -0.384. The highest BCUT2D eigenvalue weighted by molar-refractivity contribution is 7.90. The Morgan fingerprint density at radius 1 is 0.899 bits per heavy atom. The molecule has 6 aromatic rings. The molecule has 3 saturated carbocycles. The van der Waals surface area contributed by atoms with Gasteiger partial charge in [0, 0.05) is 86.8 Å². The van der Waals surface area contributed by atoms with Gasteiger partial charge in [-0.25, -0.2) is 18.1 Å². The number of amides is 1. The van der Waals surface area contributed by atoms with Crippen LogP contribution in [0, 0.1) is 21.4 Å². The van der Waals surface area contributed by atoms with Crippen molar-refractivity contribution in [1.29, 1.82) is 0 Å². The molecule has 4 aromatic carbocycles. The van der Waals surface area contributed by atoms with Gasteiger partial charge in [0.1, 0.15) is 28.6 Å². The second kappa shape index (κ2) is 22.5. The molecule has 0 radical (unpaired) electrons. The lowest BCUT2D eigenvalue weighted by Gasteiger charge is -2.59. The van der Waals surface area contributed by atoms with Crippen molar-refractivity contribution < 1.29 is 32.7 Å². The van der Waals surface area contributed by atoms with Crippen LogP contribution in [0.25, 0.3) is 11.0 Å². The number of nitrogens with one attached hydrogen (secondary N) is 3. The van der Waals surface area contributed by atoms with Gasteiger partial charge in [0.05, 0.1) is 34.3 Å². The monoisotopic (exact) mass is 1090 g/mol. The van der Waals surface area contributed by atoms with E-state index in [-0.39, 0.29) is 28.3 Å². The van der Waals surface area contributed by atoms with Crippen molar-refractivity contribution in [2.45, 2.75) is 138 Å². The number of carbonyl (C=O) groups excluding carboxylic acids is 1. The van der Waals surface area contributed by atoms with Crippen LogP contribution in [0.4, 0.5) is 17.1 Å². The van der Waals surface area contributed by atoms with E-state index in [1.54, 1.807) is 37.7 Å². The van der Waals surface area contributed by atoms with E-state index >= 15 is 0 Å². The first-order valence-electron chi connectivity index (χ1n) is 28.6. The number of H-pyrrole nitrogens is 1. The van der Waals surface area contributed by atoms with E-state index in [0.29, 0.717) is 60.7 Å². The highest BCUT2D eigenvalue weighted by atomic mass is 32.2. The van der Waals surface area contributed by atoms with E-state index < -0.39 is 37.0 Å². The molecule has 16 nitrogen and oxygen atoms in total. The molecular weight excluding hydrogens is 1020 g/mol. The standard InChI is InChI=1S/C62H76N8O8S/c1-41(2)52-10-5-6-11-53(52)57-40-68(46-9-7-8-44(32-46)43-12-15-49(77-4)16-13-43)30-31-69(57)48-36-62(37-48)25-28-67(29-26-62)47-14-18-54(58(34-47)78-50-33-45-22-27-63-59(45)65-39-50)60(71)66-79(75,76)51-17-19-55(56(35-51)70(73)74)64-38-42-20-23-61(3,72)24-21-42/h5-6,10-19,22,27,33-35,39,41-42,44,46,48,57,64,72H,7-9,20-21,23-26,28-32,36-38,40H2,1-4H3,(H,63,65)(H,66,71). The molecule has 17 heteroatoms. The Bertz CT molecular complexity index is 3270. The molecule has 79 heavy (non-hydrogen) atoms. The summed E-state index contributed by atoms with van der Waals surface area (Å²) in [6.07, 6.45) is 15.4. The van der Waals surface area contributed by atoms with E-state index in [1.807, 2.05) is 19.1 Å². The molecule has 1 spiro atoms. The number of anilines is 2. The van der Waals surface area contributed by atoms with Crippen LogP contribution in [-0.4, -0.2) is 108 Å². The molecule has 3 atom stereocenters. The lowest BCUT2D eigenvalue weighted by atomic mass is 9.59. The number of benzene rings is 4. The molecule has 2 saturated heterocycles. The number of pyridine rings is 1. The summed E-state index contributed by atoms with van der Waals surface area (Å²) in [5.74, 6) is 1.67. The Morgan fingerprint density at radius 3 is 2.42 bits per heavy atom. The topological polar surface area (TPSA) is 195 Å². The summed E-state index contributed by atoms with van der Waals surface area (Å²) in [6, 6.07) is 31.8. The van der Waals surface area contributed by atoms with E-state index in [9.17, 15) is 28.4 Å². The number of fused-ring (bicyclic) bond motifs is 1. The Balaban J connectivity index is 0.773. The predicted octanol–water partition coefficient (Wildman–Crippen LogP) is 11.7. The van der Waals surface area contributed by atoms with Gasteiger partial charge in [-0.05, 0) is 166 Å². The fourth-order valence-electron chi connectivity index (χ4n) is 13.8. The molecule has 2 aliphatic heterocycles. The van der Waals surface area contributed by atoms with Gasteiger partial charge in [-0.3, -0.25) is 24.7 Å². The zero-order valence-electron chi connectivity index (χ0n) is 46.0. The number of hydrogen-bond donors (Lipinski definition) is 4. The van der Waals surface area contributed by atoms with Crippen LogP contribution in [0.15, 0.2) is 114 Å². The number of ether oxygens (including phenoxy) is 2. The Hall–Kier alpha value is -6.53. The largest absolute Gasteiger partial charge is 0.497 e. The second-order valence-electron chi connectivity index (χ2n) is 23.9. The molecule has 4 heterocycles. The number of piperidine rings is 1. The predicted molar refractivity (Wildman–Crippen MR) is 308 cm³/mol. The van der Waals surface area contributed by atoms with Crippen molar-refractivity contribution in [3.63, 3.8) is 0 Å². The molecule has 3 unspecified atom stereocenters. The highest BCUT2D eigenvalue weighted by Crippen LogP contribution is 2.54. The van der Waals surface area contributed by atoms with E-state index in [4.69, 9.17) is 9.47 Å². The summed E-state index contributed by atoms with van der Waals surface area (Å²) >= 11 is 0. The number of nitro benzene ring substituents is 1. The van der Waals surface area contributed by atoms with E-state index in [0.717, 1.165) is 94.1 Å². The smallest absolute Gasteiger partial charge is 0.293 e. The van der Waals surface area contributed by atoms with Crippen LogP contribution in [0.5, 0.6) is 17.2 Å². The van der Waals surface area contributed by atoms with Crippen molar-refractivity contribution in [3.05, 3.63) is 142 Å². The van der Waals surface area contributed by atoms with Crippen molar-refractivity contribution in [2.75, 3.05) is 56.6 Å². The minimum atomic E-state index is -4.59. The summed E-state index contributed by atoms with van der Waals surface area (Å²) in [5.41, 5.74) is 5.12. The van der Waals surface area contributed by atoms with Crippen molar-refractivity contribution in [1.82, 2.24) is 24.5 Å². The third-order valence-corrected chi connectivity index (χ3v) is 19.8. The number of hydrogen-bond acceptors (Lipinski definition) is 13. The fourth-order valence-corrected chi connectivity index (χ4v) is 14.7. The number of nitro groups is 1. The Kier molecular flexibility index (Phi) is 15.5. The normalized spacial score (nSPS) is 24.1. The summed E-state index contributed by atoms with van der Waals surface area (Å²) in [6.45, 7) is 11.7. The number of methoxy groups -OCH3 is 1. The zero-order valence-corrected chi connectivity index (χ0v) is 46.9. The summed E-state index contributed by atoms with van der Waals surface area (Å²) in [5, 5.41) is 26.6. The van der Waals surface area contributed by atoms with Gasteiger partial charge in [0.15, 0.2) is 0 Å². The number of aromatic nitrogens is 2. The maximum atomic E-state index is 14.2. The summed E-state index contributed by atoms with van der Waals surface area (Å²) < 4.78 is 41.9. The molecular formula is C62H76N8O8S. The summed E-state index contributed by atoms with van der Waals surface area (Å²) in [7, 11) is -2.86. The maximum Gasteiger partial charge on any atom is 0.293 e. The molecule has 0 bridgehead atoms. The van der Waals surface area contributed by atoms with Gasteiger partial charge in [0.2, 0.25) is 0 Å². The Morgan fingerprint density at radius 2 is 1.67 bits per heavy atom. The maximum absolute atomic E-state index is 14.2. The first kappa shape index (κ1) is 54.4. The SMILES string of the molecule is COc1ccc(C2CCCC(N3CCN(C4CC5(CCN(c6ccc(C(=O)NS(=O)(=O)c7ccc(NCC8CCC(C)(O)CC8)c([N+](=O)[O-])c7)c(Oc7cnc8[nH]ccc8c7)c6)CC5)C4)C(c4ccccc4C(C)C)C3)C2)cc1. The quantitative estimate of drug-likeness (QED) is 0.0528. The van der Waals surface area contributed by atoms with Crippen molar-refractivity contribution >= 4 is 44.0 Å². The highest BCUT2D eigenvalue weighted by Gasteiger charge is 2.50. The van der Waals surface area contributed by atoms with Crippen LogP contribution < -0.4 is 24.4 Å². The van der Waals surface area contributed by atoms with E-state index in [2.05, 4.69) is 97.1 Å². The molecule has 418 valence electrons. The number of sulfonamides is 1. The average molecular weight is 1090 g/mol. The number of rotatable bonds is 16. The number of carbonyl (C=O) groups is 1. The third-order valence-electron chi connectivity index (χ3n) is 18.5. The molecule has 2 aromatic heterocycles. The molecule has 11 rings (SSSR count). The lowest BCUT2D eigenvalue weighted by Crippen LogP contribution is -2.61. The van der Waals surface area contributed by atoms with Crippen molar-refractivity contribution in [3.8, 4) is 17.2 Å². The third kappa shape index (κ3) is 11.9. The number of nitrogens with zero attached hydrogens (tertiary/aromatic N) is 5. The van der Waals surface area contributed by atoms with Crippen LogP contribution in [0.3, 0.4) is 0 Å². The van der Waals surface area contributed by atoms with Gasteiger partial charge in [0.25, 0.3) is 21.6 Å². The van der Waals surface area contributed by atoms with Crippen LogP contribution >= 0.6 is 0 Å². The van der Waals surface area contributed by atoms with E-state index in [1.165, 1.54) is 54.5 Å². The molecule has 3 aliphatic carbocycles. The Labute approximate surface area is 464 Å². The zero-order chi connectivity index (χ0) is 55.1. The minimum absolute atomic E-state index is 0.0229. The number of aromatic amines is 1. The van der Waals surface area contributed by atoms with Gasteiger partial charge in [-0.2, -0.15) is 0 Å². The summed E-state index contributed by atoms with van der Waals surface area (Å²) in [4.78, 5) is 41.0. The molecule has 4 N–H and O–H groups in total. The molecule has 5 fully saturated rings. The number of piperazine rings is 1. The first-order chi connectivity index (χ1) is 38.0. The van der Waals surface area contributed by atoms with Crippen molar-refractivity contribution in [2.24, 2.45) is 11.3 Å². The molecule has 5 aliphatic rings. The van der Waals surface area contributed by atoms with Gasteiger partial charge < -0.3 is 29.8 Å². The minimum Gasteiger partial charge on any atom is -0.497 e. The number of aliphatic hydroxyl groups is 1. The van der Waals surface area contributed by atoms with Crippen LogP contribution in [-0.2, 0) is 10.0 Å². The van der Waals surface area contributed by atoms with Crippen LogP contribution in [0.1, 0.15) is 143 Å². The second-order valence-corrected chi connectivity index (χ2v) is 25.6. The van der Waals surface area contributed by atoms with Gasteiger partial charge in [-0.15, -0.1) is 0 Å². The van der Waals surface area contributed by atoms with Gasteiger partial charge >= 0.3 is 0 Å². The molecule has 1 amide bonds. The first-order valence-corrected chi connectivity index (χ1v) is 30.1. The van der Waals surface area contributed by atoms with Crippen LogP contribution in [0.2, 0.25) is 0 Å². The average Bonchev–Trinajstić information content (AvgIpc) is 4.11. The van der Waals surface area contributed by atoms with Gasteiger partial charge in [-0.1, -0.05) is 56.7 Å². The fraction of sp³-hybridized carbons (Fsp3) is 0.484.